The molecule has 0 saturated carbocycles. The van der Waals surface area contributed by atoms with Crippen LogP contribution < -0.4 is 67.4 Å². The number of carbonyl (C=O) groups is 1. The number of aliphatic hydroxyl groups is 5. The van der Waals surface area contributed by atoms with Crippen LogP contribution in [-0.2, 0) is 50.1 Å². The molecular weight excluding hydrogens is 430 g/mol. The Labute approximate surface area is 178 Å². The van der Waals surface area contributed by atoms with E-state index in [1.807, 2.05) is 0 Å². The fourth-order valence-electron chi connectivity index (χ4n) is 0.720. The second kappa shape index (κ2) is 14.7. The van der Waals surface area contributed by atoms with E-state index in [1.165, 1.54) is 0 Å². The summed E-state index contributed by atoms with van der Waals surface area (Å²) >= 11 is -12.1. The zero-order valence-corrected chi connectivity index (χ0v) is 18.5. The minimum atomic E-state index is -6.07. The summed E-state index contributed by atoms with van der Waals surface area (Å²) in [5.41, 5.74) is 0. The van der Waals surface area contributed by atoms with Gasteiger partial charge in [-0.1, -0.05) is 0 Å². The first-order chi connectivity index (χ1) is 9.25. The van der Waals surface area contributed by atoms with E-state index < -0.39 is 58.3 Å². The summed E-state index contributed by atoms with van der Waals surface area (Å²) in [6.45, 7) is -0.760. The molecular formula is C6H12Cr2Na2O13. The van der Waals surface area contributed by atoms with Crippen LogP contribution in [0.3, 0.4) is 0 Å². The van der Waals surface area contributed by atoms with E-state index in [2.05, 4.69) is 2.84 Å². The van der Waals surface area contributed by atoms with E-state index in [0.29, 0.717) is 0 Å². The van der Waals surface area contributed by atoms with Crippen molar-refractivity contribution >= 4 is 6.29 Å². The van der Waals surface area contributed by atoms with Crippen molar-refractivity contribution in [3.63, 3.8) is 0 Å². The van der Waals surface area contributed by atoms with Gasteiger partial charge in [-0.05, 0) is 0 Å². The van der Waals surface area contributed by atoms with Crippen molar-refractivity contribution in [2.75, 3.05) is 6.61 Å². The topological polar surface area (TPSA) is 242 Å². The van der Waals surface area contributed by atoms with Gasteiger partial charge in [-0.15, -0.1) is 0 Å². The predicted molar refractivity (Wildman–Crippen MR) is 41.0 cm³/mol. The second-order valence-corrected chi connectivity index (χ2v) is 6.88. The molecule has 0 saturated heterocycles. The molecule has 0 aromatic heterocycles. The van der Waals surface area contributed by atoms with Gasteiger partial charge in [0.25, 0.3) is 0 Å². The van der Waals surface area contributed by atoms with Gasteiger partial charge in [-0.25, -0.2) is 0 Å². The average molecular weight is 442 g/mol. The molecule has 0 aliphatic carbocycles. The molecule has 128 valence electrons. The number of carbonyl (C=O) groups excluding carboxylic acids is 1. The van der Waals surface area contributed by atoms with Crippen LogP contribution in [-0.4, -0.2) is 62.8 Å². The Morgan fingerprint density at radius 1 is 0.913 bits per heavy atom. The van der Waals surface area contributed by atoms with Gasteiger partial charge < -0.3 is 30.3 Å². The Morgan fingerprint density at radius 2 is 1.26 bits per heavy atom. The fraction of sp³-hybridized carbons (Fsp3) is 0.833. The van der Waals surface area contributed by atoms with Crippen LogP contribution in [0.25, 0.3) is 0 Å². The Morgan fingerprint density at radius 3 is 1.43 bits per heavy atom. The molecule has 17 heteroatoms. The summed E-state index contributed by atoms with van der Waals surface area (Å²) in [6.07, 6.45) is -6.84. The van der Waals surface area contributed by atoms with E-state index in [4.69, 9.17) is 25.5 Å². The summed E-state index contributed by atoms with van der Waals surface area (Å²) in [5.74, 6) is 0. The third kappa shape index (κ3) is 19.8. The van der Waals surface area contributed by atoms with Gasteiger partial charge in [0.1, 0.15) is 24.4 Å². The van der Waals surface area contributed by atoms with Gasteiger partial charge in [0, 0.05) is 0 Å². The molecule has 0 amide bonds. The third-order valence-electron chi connectivity index (χ3n) is 1.59. The van der Waals surface area contributed by atoms with Crippen molar-refractivity contribution in [1.29, 1.82) is 0 Å². The molecule has 0 heterocycles. The van der Waals surface area contributed by atoms with Crippen molar-refractivity contribution in [2.45, 2.75) is 24.4 Å². The molecule has 0 bridgehead atoms. The molecule has 5 N–H and O–H groups in total. The first-order valence-corrected chi connectivity index (χ1v) is 8.82. The van der Waals surface area contributed by atoms with Crippen molar-refractivity contribution in [3.05, 3.63) is 0 Å². The summed E-state index contributed by atoms with van der Waals surface area (Å²) in [7, 11) is 0. The van der Waals surface area contributed by atoms with Gasteiger partial charge in [0.05, 0.1) is 6.61 Å². The fourth-order valence-corrected chi connectivity index (χ4v) is 2.35. The molecule has 0 aliphatic rings. The number of hydrogen-bond acceptors (Lipinski definition) is 13. The van der Waals surface area contributed by atoms with Crippen molar-refractivity contribution in [3.8, 4) is 0 Å². The summed E-state index contributed by atoms with van der Waals surface area (Å²) in [5, 5.41) is 43.5. The predicted octanol–water partition coefficient (Wildman–Crippen LogP) is -12.3. The minimum absolute atomic E-state index is 0. The average Bonchev–Trinajstić information content (AvgIpc) is 2.31. The zero-order valence-electron chi connectivity index (χ0n) is 11.9. The SMILES string of the molecule is O=CC(O)C(O)C(O)C(O)CO.[Na+].[Na+].[O]=[Cr](=[O])([O-])[O][Cr](=[O])(=[O])[O-]. The van der Waals surface area contributed by atoms with Crippen LogP contribution in [0.4, 0.5) is 0 Å². The number of rotatable bonds is 7. The van der Waals surface area contributed by atoms with Crippen LogP contribution >= 0.6 is 0 Å². The van der Waals surface area contributed by atoms with E-state index in [9.17, 15) is 28.3 Å². The molecule has 23 heavy (non-hydrogen) atoms. The van der Waals surface area contributed by atoms with Crippen LogP contribution in [0.15, 0.2) is 0 Å². The Hall–Kier alpha value is 1.61. The monoisotopic (exact) mass is 442 g/mol. The van der Waals surface area contributed by atoms with E-state index in [0.717, 1.165) is 0 Å². The Balaban J connectivity index is -0.000000149. The second-order valence-electron chi connectivity index (χ2n) is 3.24. The number of aliphatic hydroxyl groups excluding tert-OH is 5. The Kier molecular flexibility index (Phi) is 20.7. The maximum absolute atomic E-state index is 9.90. The first kappa shape index (κ1) is 32.3. The van der Waals surface area contributed by atoms with Crippen LogP contribution in [0.5, 0.6) is 0 Å². The Bertz CT molecular complexity index is 475. The molecule has 0 aromatic rings. The maximum atomic E-state index is 9.90. The molecule has 0 spiro atoms. The normalized spacial score (nSPS) is 16.3. The van der Waals surface area contributed by atoms with Gasteiger partial charge >= 0.3 is 113 Å². The molecule has 4 unspecified atom stereocenters. The van der Waals surface area contributed by atoms with Crippen LogP contribution in [0, 0.1) is 0 Å². The quantitative estimate of drug-likeness (QED) is 0.182. The number of hydrogen-bond donors (Lipinski definition) is 5. The van der Waals surface area contributed by atoms with Crippen LogP contribution in [0.1, 0.15) is 0 Å². The molecule has 0 radical (unpaired) electrons. The summed E-state index contributed by atoms with van der Waals surface area (Å²) < 4.78 is 58.9. The van der Waals surface area contributed by atoms with E-state index in [-0.39, 0.29) is 65.4 Å². The summed E-state index contributed by atoms with van der Waals surface area (Å²) in [4.78, 5) is 9.90. The van der Waals surface area contributed by atoms with Crippen molar-refractivity contribution in [1.82, 2.24) is 0 Å². The molecule has 0 aromatic carbocycles. The molecule has 0 fully saturated rings. The molecule has 4 atom stereocenters. The van der Waals surface area contributed by atoms with E-state index >= 15 is 0 Å². The van der Waals surface area contributed by atoms with Gasteiger partial charge in [0.2, 0.25) is 0 Å². The third-order valence-corrected chi connectivity index (χ3v) is 4.25. The van der Waals surface area contributed by atoms with E-state index in [1.54, 1.807) is 0 Å². The summed E-state index contributed by atoms with van der Waals surface area (Å²) in [6, 6.07) is 0. The van der Waals surface area contributed by atoms with Gasteiger partial charge in [-0.3, -0.25) is 0 Å². The molecule has 0 aliphatic heterocycles. The van der Waals surface area contributed by atoms with Gasteiger partial charge in [0.15, 0.2) is 6.29 Å². The van der Waals surface area contributed by atoms with Crippen molar-refractivity contribution < 1.29 is 143 Å². The number of aldehydes is 1. The van der Waals surface area contributed by atoms with Gasteiger partial charge in [-0.2, -0.15) is 0 Å². The zero-order chi connectivity index (χ0) is 17.4. The standard InChI is InChI=1S/C6H12O6.2Cr.2Na.7O/c7-1-3(9)5(11)6(12)4(10)2-8;;;;;;;;;;;/h1,3-6,8-12H,2H2;;;;;;;;;;;/q;;;2*+1;;;;;;2*-1. The molecule has 13 nitrogen and oxygen atoms in total. The first-order valence-electron chi connectivity index (χ1n) is 4.66. The van der Waals surface area contributed by atoms with Crippen LogP contribution in [0.2, 0.25) is 0 Å². The van der Waals surface area contributed by atoms with Crippen molar-refractivity contribution in [2.24, 2.45) is 0 Å². The molecule has 0 rings (SSSR count).